The molecule has 2 heterocycles. The van der Waals surface area contributed by atoms with E-state index in [1.807, 2.05) is 20.8 Å². The first kappa shape index (κ1) is 23.6. The molecule has 0 saturated carbocycles. The van der Waals surface area contributed by atoms with Crippen molar-refractivity contribution in [2.24, 2.45) is 0 Å². The van der Waals surface area contributed by atoms with E-state index in [0.717, 1.165) is 18.4 Å². The van der Waals surface area contributed by atoms with Gasteiger partial charge in [-0.3, -0.25) is 13.9 Å². The van der Waals surface area contributed by atoms with E-state index in [9.17, 15) is 9.59 Å². The molecule has 1 unspecified atom stereocenters. The van der Waals surface area contributed by atoms with Crippen LogP contribution in [0.5, 0.6) is 5.88 Å². The van der Waals surface area contributed by atoms with Crippen molar-refractivity contribution in [2.75, 3.05) is 20.8 Å². The van der Waals surface area contributed by atoms with E-state index in [4.69, 9.17) is 14.4 Å². The van der Waals surface area contributed by atoms with Gasteiger partial charge in [0.25, 0.3) is 0 Å². The third-order valence-electron chi connectivity index (χ3n) is 4.34. The van der Waals surface area contributed by atoms with E-state index in [-0.39, 0.29) is 18.1 Å². The summed E-state index contributed by atoms with van der Waals surface area (Å²) in [6, 6.07) is 2.96. The summed E-state index contributed by atoms with van der Waals surface area (Å²) in [6.45, 7) is 6.43. The van der Waals surface area contributed by atoms with E-state index in [1.54, 1.807) is 39.9 Å². The highest BCUT2D eigenvalue weighted by Crippen LogP contribution is 2.23. The monoisotopic (exact) mass is 421 g/mol. The molecular weight excluding hydrogens is 390 g/mol. The van der Waals surface area contributed by atoms with Gasteiger partial charge >= 0.3 is 11.7 Å². The summed E-state index contributed by atoms with van der Waals surface area (Å²) in [7, 11) is 2.99. The quantitative estimate of drug-likeness (QED) is 0.238. The van der Waals surface area contributed by atoms with Crippen molar-refractivity contribution in [3.05, 3.63) is 46.8 Å². The Morgan fingerprint density at radius 2 is 1.93 bits per heavy atom. The molecule has 2 aromatic heterocycles. The third-order valence-corrected chi connectivity index (χ3v) is 4.34. The first-order chi connectivity index (χ1) is 14.2. The van der Waals surface area contributed by atoms with Crippen LogP contribution >= 0.6 is 0 Å². The second kappa shape index (κ2) is 10.9. The van der Waals surface area contributed by atoms with Crippen molar-refractivity contribution in [2.45, 2.75) is 58.2 Å². The number of nitrogens with zero attached hydrogens (tertiary/aromatic N) is 3. The number of hydrogen-bond donors (Lipinski definition) is 0. The topological polar surface area (TPSA) is 93.8 Å². The minimum atomic E-state index is -0.610. The molecule has 0 radical (unpaired) electrons. The van der Waals surface area contributed by atoms with Gasteiger partial charge in [0.15, 0.2) is 0 Å². The molecule has 0 amide bonds. The van der Waals surface area contributed by atoms with Gasteiger partial charge in [-0.25, -0.2) is 19.6 Å². The number of carbonyl (C=O) groups excluding carboxylic acids is 1. The average Bonchev–Trinajstić information content (AvgIpc) is 3.05. The lowest BCUT2D eigenvalue weighted by atomic mass is 10.1. The minimum absolute atomic E-state index is 0.0108. The first-order valence-electron chi connectivity index (χ1n) is 9.90. The molecule has 0 spiro atoms. The number of ether oxygens (including phenoxy) is 2. The van der Waals surface area contributed by atoms with E-state index in [0.29, 0.717) is 19.0 Å². The summed E-state index contributed by atoms with van der Waals surface area (Å²) in [5, 5.41) is 0. The van der Waals surface area contributed by atoms with Gasteiger partial charge in [0.2, 0.25) is 5.88 Å². The number of pyridine rings is 1. The van der Waals surface area contributed by atoms with Crippen LogP contribution in [0.3, 0.4) is 0 Å². The number of methoxy groups -OCH3 is 1. The van der Waals surface area contributed by atoms with E-state index < -0.39 is 11.6 Å². The molecule has 2 aromatic rings. The third kappa shape index (κ3) is 7.00. The zero-order valence-electron chi connectivity index (χ0n) is 18.3. The Kier molecular flexibility index (Phi) is 8.61. The van der Waals surface area contributed by atoms with Crippen LogP contribution in [0.4, 0.5) is 0 Å². The van der Waals surface area contributed by atoms with Gasteiger partial charge in [0.05, 0.1) is 33.3 Å². The zero-order valence-corrected chi connectivity index (χ0v) is 18.3. The zero-order chi connectivity index (χ0) is 22.1. The normalized spacial score (nSPS) is 12.6. The molecule has 2 rings (SSSR count). The average molecular weight is 421 g/mol. The van der Waals surface area contributed by atoms with Crippen LogP contribution in [0.1, 0.15) is 51.6 Å². The predicted molar refractivity (Wildman–Crippen MR) is 110 cm³/mol. The summed E-state index contributed by atoms with van der Waals surface area (Å²) < 4.78 is 13.7. The Balaban J connectivity index is 2.23. The number of imidazole rings is 1. The van der Waals surface area contributed by atoms with Crippen molar-refractivity contribution in [3.8, 4) is 5.88 Å². The van der Waals surface area contributed by atoms with Crippen LogP contribution in [-0.2, 0) is 25.9 Å². The highest BCUT2D eigenvalue weighted by Gasteiger charge is 2.25. The van der Waals surface area contributed by atoms with Crippen molar-refractivity contribution in [1.82, 2.24) is 14.1 Å². The van der Waals surface area contributed by atoms with Crippen LogP contribution in [0.15, 0.2) is 35.5 Å². The Bertz CT molecular complexity index is 851. The highest BCUT2D eigenvalue weighted by atomic mass is 17.2. The summed E-state index contributed by atoms with van der Waals surface area (Å²) >= 11 is 0. The van der Waals surface area contributed by atoms with Crippen molar-refractivity contribution in [1.29, 1.82) is 0 Å². The summed E-state index contributed by atoms with van der Waals surface area (Å²) in [4.78, 5) is 39.1. The summed E-state index contributed by atoms with van der Waals surface area (Å²) in [6.07, 6.45) is 6.55. The second-order valence-electron chi connectivity index (χ2n) is 7.82. The molecule has 0 fully saturated rings. The van der Waals surface area contributed by atoms with Gasteiger partial charge in [-0.2, -0.15) is 0 Å². The molecule has 1 atom stereocenters. The lowest BCUT2D eigenvalue weighted by Gasteiger charge is -2.23. The van der Waals surface area contributed by atoms with Crippen LogP contribution in [0.2, 0.25) is 0 Å². The van der Waals surface area contributed by atoms with Crippen molar-refractivity contribution in [3.63, 3.8) is 0 Å². The molecule has 30 heavy (non-hydrogen) atoms. The lowest BCUT2D eigenvalue weighted by Crippen LogP contribution is -2.31. The smallest absolute Gasteiger partial charge is 0.328 e. The maximum atomic E-state index is 13.0. The Morgan fingerprint density at radius 3 is 2.53 bits per heavy atom. The molecule has 9 nitrogen and oxygen atoms in total. The Labute approximate surface area is 176 Å². The lowest BCUT2D eigenvalue weighted by molar-refractivity contribution is -0.272. The summed E-state index contributed by atoms with van der Waals surface area (Å²) in [5.74, 6) is 0.0673. The van der Waals surface area contributed by atoms with Gasteiger partial charge in [-0.1, -0.05) is 6.07 Å². The molecule has 9 heteroatoms. The number of unbranched alkanes of at least 4 members (excludes halogenated alkanes) is 1. The fourth-order valence-electron chi connectivity index (χ4n) is 2.99. The van der Waals surface area contributed by atoms with Crippen LogP contribution in [0.25, 0.3) is 0 Å². The van der Waals surface area contributed by atoms with Crippen molar-refractivity contribution < 1.29 is 24.0 Å². The SMILES string of the molecule is COOCCCCn1ccn(C(CC(=O)OC(C)(C)C)c2ccc(OC)nc2)c1=O. The Hall–Kier alpha value is -2.65. The number of aromatic nitrogens is 3. The fourth-order valence-corrected chi connectivity index (χ4v) is 2.99. The number of carbonyl (C=O) groups is 1. The van der Waals surface area contributed by atoms with Crippen LogP contribution in [-0.4, -0.2) is 46.5 Å². The van der Waals surface area contributed by atoms with Gasteiger partial charge < -0.3 is 9.47 Å². The van der Waals surface area contributed by atoms with Gasteiger partial charge in [-0.15, -0.1) is 0 Å². The molecular formula is C21H31N3O6. The van der Waals surface area contributed by atoms with Gasteiger partial charge in [0.1, 0.15) is 5.60 Å². The van der Waals surface area contributed by atoms with Gasteiger partial charge in [-0.05, 0) is 39.2 Å². The minimum Gasteiger partial charge on any atom is -0.481 e. The largest absolute Gasteiger partial charge is 0.481 e. The predicted octanol–water partition coefficient (Wildman–Crippen LogP) is 2.73. The molecule has 0 saturated heterocycles. The molecule has 0 aliphatic heterocycles. The number of esters is 1. The first-order valence-corrected chi connectivity index (χ1v) is 9.90. The van der Waals surface area contributed by atoms with E-state index in [2.05, 4.69) is 9.87 Å². The van der Waals surface area contributed by atoms with Crippen LogP contribution < -0.4 is 10.4 Å². The maximum absolute atomic E-state index is 13.0. The maximum Gasteiger partial charge on any atom is 0.328 e. The molecule has 0 aliphatic rings. The number of aryl methyl sites for hydroxylation is 1. The highest BCUT2D eigenvalue weighted by molar-refractivity contribution is 5.71. The van der Waals surface area contributed by atoms with E-state index in [1.165, 1.54) is 14.2 Å². The second-order valence-corrected chi connectivity index (χ2v) is 7.82. The molecule has 0 aromatic carbocycles. The Morgan fingerprint density at radius 1 is 1.17 bits per heavy atom. The molecule has 0 aliphatic carbocycles. The van der Waals surface area contributed by atoms with Crippen LogP contribution in [0, 0.1) is 0 Å². The standard InChI is InChI=1S/C21H31N3O6/c1-21(2,3)30-19(25)14-17(16-8-9-18(27-4)22-15-16)24-12-11-23(20(24)26)10-6-7-13-29-28-5/h8-9,11-12,15,17H,6-7,10,13-14H2,1-5H3. The molecule has 0 bridgehead atoms. The van der Waals surface area contributed by atoms with E-state index >= 15 is 0 Å². The fraction of sp³-hybridized carbons (Fsp3) is 0.571. The number of hydrogen-bond acceptors (Lipinski definition) is 7. The van der Waals surface area contributed by atoms with Gasteiger partial charge in [0, 0.05) is 31.2 Å². The summed E-state index contributed by atoms with van der Waals surface area (Å²) in [5.41, 5.74) is -0.0944. The molecule has 166 valence electrons. The number of rotatable bonds is 11. The van der Waals surface area contributed by atoms with Crippen molar-refractivity contribution >= 4 is 5.97 Å². The molecule has 0 N–H and O–H groups in total.